The number of carbonyl (C=O) groups excluding carboxylic acids is 1. The fourth-order valence-corrected chi connectivity index (χ4v) is 1.04. The number of ether oxygens (including phenoxy) is 1. The largest absolute Gasteiger partial charge is 0.478 e. The first kappa shape index (κ1) is 11.0. The van der Waals surface area contributed by atoms with E-state index in [0.717, 1.165) is 6.08 Å². The SMILES string of the molecule is CC(=O)O/C(=C/C(=O)O)c1ccccc1. The van der Waals surface area contributed by atoms with Gasteiger partial charge in [0.15, 0.2) is 0 Å². The molecule has 4 heteroatoms. The van der Waals surface area contributed by atoms with Crippen molar-refractivity contribution in [3.63, 3.8) is 0 Å². The first-order valence-electron chi connectivity index (χ1n) is 4.28. The summed E-state index contributed by atoms with van der Waals surface area (Å²) >= 11 is 0. The molecule has 15 heavy (non-hydrogen) atoms. The van der Waals surface area contributed by atoms with Crippen molar-refractivity contribution in [2.24, 2.45) is 0 Å². The Morgan fingerprint density at radius 1 is 1.27 bits per heavy atom. The van der Waals surface area contributed by atoms with Crippen molar-refractivity contribution in [2.45, 2.75) is 6.92 Å². The molecule has 0 aliphatic carbocycles. The molecule has 0 saturated heterocycles. The Balaban J connectivity index is 3.02. The summed E-state index contributed by atoms with van der Waals surface area (Å²) in [5, 5.41) is 8.59. The van der Waals surface area contributed by atoms with Crippen LogP contribution >= 0.6 is 0 Å². The number of aliphatic carboxylic acids is 1. The van der Waals surface area contributed by atoms with E-state index in [1.165, 1.54) is 6.92 Å². The zero-order valence-corrected chi connectivity index (χ0v) is 8.14. The zero-order valence-electron chi connectivity index (χ0n) is 8.14. The smallest absolute Gasteiger partial charge is 0.332 e. The molecule has 0 aromatic heterocycles. The number of carboxylic acids is 1. The maximum absolute atomic E-state index is 10.8. The van der Waals surface area contributed by atoms with Crippen LogP contribution in [0.15, 0.2) is 36.4 Å². The minimum atomic E-state index is -1.16. The molecule has 0 atom stereocenters. The average Bonchev–Trinajstić information content (AvgIpc) is 2.17. The Bertz CT molecular complexity index is 392. The van der Waals surface area contributed by atoms with Gasteiger partial charge in [-0.25, -0.2) is 4.79 Å². The van der Waals surface area contributed by atoms with Gasteiger partial charge < -0.3 is 9.84 Å². The number of carboxylic acid groups (broad SMARTS) is 1. The van der Waals surface area contributed by atoms with Crippen LogP contribution in [0.4, 0.5) is 0 Å². The molecule has 0 spiro atoms. The molecule has 0 bridgehead atoms. The van der Waals surface area contributed by atoms with Gasteiger partial charge in [-0.2, -0.15) is 0 Å². The number of rotatable bonds is 3. The third-order valence-electron chi connectivity index (χ3n) is 1.57. The van der Waals surface area contributed by atoms with E-state index in [1.807, 2.05) is 0 Å². The van der Waals surface area contributed by atoms with E-state index in [9.17, 15) is 9.59 Å². The number of esters is 1. The molecule has 78 valence electrons. The number of hydrogen-bond donors (Lipinski definition) is 1. The summed E-state index contributed by atoms with van der Waals surface area (Å²) in [5.41, 5.74) is 0.551. The van der Waals surface area contributed by atoms with Gasteiger partial charge in [-0.05, 0) is 0 Å². The Labute approximate surface area is 86.8 Å². The highest BCUT2D eigenvalue weighted by molar-refractivity contribution is 5.90. The molecule has 0 aliphatic heterocycles. The molecular weight excluding hydrogens is 196 g/mol. The highest BCUT2D eigenvalue weighted by Crippen LogP contribution is 2.15. The van der Waals surface area contributed by atoms with E-state index < -0.39 is 11.9 Å². The van der Waals surface area contributed by atoms with Gasteiger partial charge in [0.25, 0.3) is 0 Å². The summed E-state index contributed by atoms with van der Waals surface area (Å²) in [5.74, 6) is -1.67. The molecular formula is C11H10O4. The van der Waals surface area contributed by atoms with E-state index in [4.69, 9.17) is 9.84 Å². The lowest BCUT2D eigenvalue weighted by molar-refractivity contribution is -0.134. The van der Waals surface area contributed by atoms with Gasteiger partial charge in [0.1, 0.15) is 5.76 Å². The van der Waals surface area contributed by atoms with Crippen LogP contribution in [0.1, 0.15) is 12.5 Å². The molecule has 0 aliphatic rings. The van der Waals surface area contributed by atoms with Crippen LogP contribution in [0.25, 0.3) is 5.76 Å². The molecule has 0 fully saturated rings. The summed E-state index contributed by atoms with van der Waals surface area (Å²) in [4.78, 5) is 21.2. The summed E-state index contributed by atoms with van der Waals surface area (Å²) in [7, 11) is 0. The monoisotopic (exact) mass is 206 g/mol. The molecule has 0 radical (unpaired) electrons. The Kier molecular flexibility index (Phi) is 3.62. The lowest BCUT2D eigenvalue weighted by Gasteiger charge is -2.05. The molecule has 0 saturated carbocycles. The molecule has 1 N–H and O–H groups in total. The van der Waals surface area contributed by atoms with Crippen LogP contribution in [0.5, 0.6) is 0 Å². The third-order valence-corrected chi connectivity index (χ3v) is 1.57. The molecule has 1 rings (SSSR count). The van der Waals surface area contributed by atoms with Crippen LogP contribution in [0.3, 0.4) is 0 Å². The van der Waals surface area contributed by atoms with Gasteiger partial charge in [0.05, 0.1) is 6.08 Å². The van der Waals surface area contributed by atoms with Crippen LogP contribution in [0, 0.1) is 0 Å². The average molecular weight is 206 g/mol. The highest BCUT2D eigenvalue weighted by Gasteiger charge is 2.07. The summed E-state index contributed by atoms with van der Waals surface area (Å²) in [6, 6.07) is 8.58. The van der Waals surface area contributed by atoms with Crippen molar-refractivity contribution >= 4 is 17.7 Å². The topological polar surface area (TPSA) is 63.6 Å². The Hall–Kier alpha value is -2.10. The Morgan fingerprint density at radius 3 is 2.33 bits per heavy atom. The molecule has 0 heterocycles. The van der Waals surface area contributed by atoms with Gasteiger partial charge in [-0.1, -0.05) is 30.3 Å². The van der Waals surface area contributed by atoms with E-state index in [1.54, 1.807) is 30.3 Å². The number of carbonyl (C=O) groups is 2. The lowest BCUT2D eigenvalue weighted by atomic mass is 10.2. The normalized spacial score (nSPS) is 10.9. The first-order chi connectivity index (χ1) is 7.09. The lowest BCUT2D eigenvalue weighted by Crippen LogP contribution is -2.01. The van der Waals surface area contributed by atoms with Crippen molar-refractivity contribution in [3.8, 4) is 0 Å². The van der Waals surface area contributed by atoms with Crippen LogP contribution in [0.2, 0.25) is 0 Å². The van der Waals surface area contributed by atoms with Crippen molar-refractivity contribution in [2.75, 3.05) is 0 Å². The fourth-order valence-electron chi connectivity index (χ4n) is 1.04. The van der Waals surface area contributed by atoms with Gasteiger partial charge in [-0.3, -0.25) is 4.79 Å². The first-order valence-corrected chi connectivity index (χ1v) is 4.28. The maximum Gasteiger partial charge on any atom is 0.332 e. The second kappa shape index (κ2) is 4.95. The van der Waals surface area contributed by atoms with E-state index in [0.29, 0.717) is 5.56 Å². The van der Waals surface area contributed by atoms with Gasteiger partial charge in [0, 0.05) is 12.5 Å². The minimum absolute atomic E-state index is 0.0376. The predicted octanol–water partition coefficient (Wildman–Crippen LogP) is 1.68. The maximum atomic E-state index is 10.8. The highest BCUT2D eigenvalue weighted by atomic mass is 16.5. The second-order valence-corrected chi connectivity index (χ2v) is 2.81. The fraction of sp³-hybridized carbons (Fsp3) is 0.0909. The Morgan fingerprint density at radius 2 is 1.87 bits per heavy atom. The van der Waals surface area contributed by atoms with Crippen molar-refractivity contribution in [3.05, 3.63) is 42.0 Å². The van der Waals surface area contributed by atoms with Crippen LogP contribution in [-0.2, 0) is 14.3 Å². The van der Waals surface area contributed by atoms with E-state index in [-0.39, 0.29) is 5.76 Å². The molecule has 0 unspecified atom stereocenters. The quantitative estimate of drug-likeness (QED) is 0.464. The molecule has 0 amide bonds. The van der Waals surface area contributed by atoms with Gasteiger partial charge in [0.2, 0.25) is 0 Å². The molecule has 1 aromatic rings. The van der Waals surface area contributed by atoms with Crippen molar-refractivity contribution in [1.29, 1.82) is 0 Å². The van der Waals surface area contributed by atoms with Crippen molar-refractivity contribution < 1.29 is 19.4 Å². The van der Waals surface area contributed by atoms with Crippen LogP contribution in [-0.4, -0.2) is 17.0 Å². The standard InChI is InChI=1S/C11H10O4/c1-8(12)15-10(7-11(13)14)9-5-3-2-4-6-9/h2-7H,1H3,(H,13,14)/b10-7+. The van der Waals surface area contributed by atoms with Gasteiger partial charge >= 0.3 is 11.9 Å². The summed E-state index contributed by atoms with van der Waals surface area (Å²) in [6.07, 6.45) is 0.858. The second-order valence-electron chi connectivity index (χ2n) is 2.81. The predicted molar refractivity (Wildman–Crippen MR) is 53.8 cm³/mol. The molecule has 1 aromatic carbocycles. The molecule has 4 nitrogen and oxygen atoms in total. The number of benzene rings is 1. The third kappa shape index (κ3) is 3.64. The van der Waals surface area contributed by atoms with E-state index >= 15 is 0 Å². The summed E-state index contributed by atoms with van der Waals surface area (Å²) < 4.78 is 4.79. The summed E-state index contributed by atoms with van der Waals surface area (Å²) in [6.45, 7) is 1.22. The van der Waals surface area contributed by atoms with Crippen molar-refractivity contribution in [1.82, 2.24) is 0 Å². The van der Waals surface area contributed by atoms with Crippen LogP contribution < -0.4 is 0 Å². The van der Waals surface area contributed by atoms with E-state index in [2.05, 4.69) is 0 Å². The minimum Gasteiger partial charge on any atom is -0.478 e. The zero-order chi connectivity index (χ0) is 11.3. The number of hydrogen-bond acceptors (Lipinski definition) is 3. The van der Waals surface area contributed by atoms with Gasteiger partial charge in [-0.15, -0.1) is 0 Å².